The molecule has 0 fully saturated rings. The fourth-order valence-corrected chi connectivity index (χ4v) is 2.04. The zero-order valence-electron chi connectivity index (χ0n) is 10.2. The van der Waals surface area contributed by atoms with Gasteiger partial charge in [-0.1, -0.05) is 49.4 Å². The molecule has 0 bridgehead atoms. The van der Waals surface area contributed by atoms with E-state index in [0.717, 1.165) is 13.0 Å². The first-order valence-corrected chi connectivity index (χ1v) is 6.16. The molecule has 2 rings (SSSR count). The van der Waals surface area contributed by atoms with Crippen LogP contribution in [0.4, 0.5) is 0 Å². The summed E-state index contributed by atoms with van der Waals surface area (Å²) < 4.78 is 0. The highest BCUT2D eigenvalue weighted by Gasteiger charge is 2.05. The molecular formula is C15H19NO. The monoisotopic (exact) mass is 229 g/mol. The van der Waals surface area contributed by atoms with Crippen molar-refractivity contribution in [2.24, 2.45) is 0 Å². The van der Waals surface area contributed by atoms with Gasteiger partial charge in [0.1, 0.15) is 0 Å². The highest BCUT2D eigenvalue weighted by atomic mass is 16.3. The van der Waals surface area contributed by atoms with Crippen molar-refractivity contribution >= 4 is 10.8 Å². The predicted octanol–water partition coefficient (Wildman–Crippen LogP) is 2.70. The second-order valence-corrected chi connectivity index (χ2v) is 4.31. The van der Waals surface area contributed by atoms with Crippen molar-refractivity contribution in [3.8, 4) is 0 Å². The van der Waals surface area contributed by atoms with Crippen molar-refractivity contribution in [3.63, 3.8) is 0 Å². The van der Waals surface area contributed by atoms with Gasteiger partial charge in [0, 0.05) is 12.6 Å². The average Bonchev–Trinajstić information content (AvgIpc) is 2.40. The van der Waals surface area contributed by atoms with Gasteiger partial charge in [-0.05, 0) is 22.8 Å². The third-order valence-electron chi connectivity index (χ3n) is 3.17. The summed E-state index contributed by atoms with van der Waals surface area (Å²) in [6.45, 7) is 3.08. The molecule has 17 heavy (non-hydrogen) atoms. The quantitative estimate of drug-likeness (QED) is 0.826. The van der Waals surface area contributed by atoms with Crippen LogP contribution in [0.5, 0.6) is 0 Å². The topological polar surface area (TPSA) is 32.3 Å². The summed E-state index contributed by atoms with van der Waals surface area (Å²) in [6, 6.07) is 14.9. The minimum atomic E-state index is 0.189. The summed E-state index contributed by atoms with van der Waals surface area (Å²) in [5.74, 6) is 0. The summed E-state index contributed by atoms with van der Waals surface area (Å²) in [5, 5.41) is 15.1. The van der Waals surface area contributed by atoms with Gasteiger partial charge in [-0.2, -0.15) is 0 Å². The number of hydrogen-bond donors (Lipinski definition) is 2. The zero-order valence-corrected chi connectivity index (χ0v) is 10.2. The van der Waals surface area contributed by atoms with E-state index in [1.807, 2.05) is 0 Å². The minimum Gasteiger partial charge on any atom is -0.395 e. The second-order valence-electron chi connectivity index (χ2n) is 4.31. The van der Waals surface area contributed by atoms with Gasteiger partial charge in [-0.25, -0.2) is 0 Å². The van der Waals surface area contributed by atoms with E-state index in [1.165, 1.54) is 16.3 Å². The Hall–Kier alpha value is -1.38. The fraction of sp³-hybridized carbons (Fsp3) is 0.333. The van der Waals surface area contributed by atoms with E-state index in [-0.39, 0.29) is 12.6 Å². The van der Waals surface area contributed by atoms with E-state index in [1.54, 1.807) is 0 Å². The second kappa shape index (κ2) is 5.80. The Kier molecular flexibility index (Phi) is 4.13. The van der Waals surface area contributed by atoms with Crippen LogP contribution in [0.1, 0.15) is 18.9 Å². The Morgan fingerprint density at radius 3 is 2.65 bits per heavy atom. The smallest absolute Gasteiger partial charge is 0.0584 e. The summed E-state index contributed by atoms with van der Waals surface area (Å²) in [7, 11) is 0. The normalized spacial score (nSPS) is 12.8. The lowest BCUT2D eigenvalue weighted by Gasteiger charge is -2.15. The van der Waals surface area contributed by atoms with Gasteiger partial charge in [0.25, 0.3) is 0 Å². The predicted molar refractivity (Wildman–Crippen MR) is 72.0 cm³/mol. The maximum absolute atomic E-state index is 9.15. The summed E-state index contributed by atoms with van der Waals surface area (Å²) in [6.07, 6.45) is 0.946. The van der Waals surface area contributed by atoms with E-state index in [2.05, 4.69) is 54.7 Å². The Morgan fingerprint density at radius 2 is 1.88 bits per heavy atom. The first-order chi connectivity index (χ1) is 8.35. The van der Waals surface area contributed by atoms with Crippen molar-refractivity contribution in [1.29, 1.82) is 0 Å². The van der Waals surface area contributed by atoms with Gasteiger partial charge >= 0.3 is 0 Å². The Morgan fingerprint density at radius 1 is 1.12 bits per heavy atom. The molecule has 90 valence electrons. The third kappa shape index (κ3) is 2.84. The zero-order chi connectivity index (χ0) is 12.1. The molecule has 2 heteroatoms. The van der Waals surface area contributed by atoms with Crippen LogP contribution in [-0.2, 0) is 6.54 Å². The molecule has 2 aromatic rings. The third-order valence-corrected chi connectivity index (χ3v) is 3.17. The van der Waals surface area contributed by atoms with Gasteiger partial charge in [0.05, 0.1) is 6.61 Å². The standard InChI is InChI=1S/C15H19NO/c1-2-14(11-17)16-10-13-8-5-7-12-6-3-4-9-15(12)13/h3-9,14,16-17H,2,10-11H2,1H3. The molecule has 0 spiro atoms. The minimum absolute atomic E-state index is 0.189. The number of aliphatic hydroxyl groups excluding tert-OH is 1. The lowest BCUT2D eigenvalue weighted by atomic mass is 10.0. The molecule has 0 aliphatic rings. The van der Waals surface area contributed by atoms with Crippen LogP contribution in [0, 0.1) is 0 Å². The number of nitrogens with one attached hydrogen (secondary N) is 1. The van der Waals surface area contributed by atoms with Gasteiger partial charge in [0.15, 0.2) is 0 Å². The van der Waals surface area contributed by atoms with Crippen molar-refractivity contribution < 1.29 is 5.11 Å². The van der Waals surface area contributed by atoms with E-state index in [9.17, 15) is 0 Å². The first kappa shape index (κ1) is 12.1. The van der Waals surface area contributed by atoms with Gasteiger partial charge < -0.3 is 10.4 Å². The van der Waals surface area contributed by atoms with E-state index >= 15 is 0 Å². The van der Waals surface area contributed by atoms with Crippen LogP contribution < -0.4 is 5.32 Å². The lowest BCUT2D eigenvalue weighted by molar-refractivity contribution is 0.238. The SMILES string of the molecule is CCC(CO)NCc1cccc2ccccc12. The van der Waals surface area contributed by atoms with Crippen LogP contribution in [0.25, 0.3) is 10.8 Å². The average molecular weight is 229 g/mol. The van der Waals surface area contributed by atoms with Crippen molar-refractivity contribution in [1.82, 2.24) is 5.32 Å². The van der Waals surface area contributed by atoms with Crippen LogP contribution in [-0.4, -0.2) is 17.8 Å². The number of aliphatic hydroxyl groups is 1. The Labute approximate surface area is 102 Å². The molecule has 2 N–H and O–H groups in total. The van der Waals surface area contributed by atoms with Crippen molar-refractivity contribution in [3.05, 3.63) is 48.0 Å². The number of benzene rings is 2. The molecule has 0 saturated heterocycles. The van der Waals surface area contributed by atoms with Crippen LogP contribution in [0.15, 0.2) is 42.5 Å². The highest BCUT2D eigenvalue weighted by Crippen LogP contribution is 2.18. The molecule has 1 atom stereocenters. The van der Waals surface area contributed by atoms with Gasteiger partial charge in [0.2, 0.25) is 0 Å². The summed E-state index contributed by atoms with van der Waals surface area (Å²) in [4.78, 5) is 0. The fourth-order valence-electron chi connectivity index (χ4n) is 2.04. The van der Waals surface area contributed by atoms with Gasteiger partial charge in [-0.3, -0.25) is 0 Å². The maximum Gasteiger partial charge on any atom is 0.0584 e. The molecule has 0 heterocycles. The van der Waals surface area contributed by atoms with Gasteiger partial charge in [-0.15, -0.1) is 0 Å². The lowest BCUT2D eigenvalue weighted by Crippen LogP contribution is -2.31. The maximum atomic E-state index is 9.15. The van der Waals surface area contributed by atoms with Crippen LogP contribution in [0.2, 0.25) is 0 Å². The number of fused-ring (bicyclic) bond motifs is 1. The first-order valence-electron chi connectivity index (χ1n) is 6.16. The summed E-state index contributed by atoms with van der Waals surface area (Å²) in [5.41, 5.74) is 1.29. The molecule has 0 aliphatic heterocycles. The molecular weight excluding hydrogens is 210 g/mol. The van der Waals surface area contributed by atoms with E-state index < -0.39 is 0 Å². The molecule has 1 unspecified atom stereocenters. The number of rotatable bonds is 5. The van der Waals surface area contributed by atoms with Crippen molar-refractivity contribution in [2.75, 3.05) is 6.61 Å². The molecule has 0 aliphatic carbocycles. The van der Waals surface area contributed by atoms with E-state index in [4.69, 9.17) is 5.11 Å². The van der Waals surface area contributed by atoms with E-state index in [0.29, 0.717) is 0 Å². The molecule has 2 nitrogen and oxygen atoms in total. The largest absolute Gasteiger partial charge is 0.395 e. The van der Waals surface area contributed by atoms with Crippen molar-refractivity contribution in [2.45, 2.75) is 25.9 Å². The molecule has 0 aromatic heterocycles. The Balaban J connectivity index is 2.18. The van der Waals surface area contributed by atoms with Crippen LogP contribution in [0.3, 0.4) is 0 Å². The Bertz CT molecular complexity index is 472. The van der Waals surface area contributed by atoms with Crippen LogP contribution >= 0.6 is 0 Å². The number of hydrogen-bond acceptors (Lipinski definition) is 2. The molecule has 2 aromatic carbocycles. The highest BCUT2D eigenvalue weighted by molar-refractivity contribution is 5.85. The molecule has 0 radical (unpaired) electrons. The molecule has 0 amide bonds. The summed E-state index contributed by atoms with van der Waals surface area (Å²) >= 11 is 0. The molecule has 0 saturated carbocycles.